The van der Waals surface area contributed by atoms with Gasteiger partial charge < -0.3 is 14.6 Å². The maximum absolute atomic E-state index is 13.0. The first kappa shape index (κ1) is 21.4. The Hall–Kier alpha value is -3.84. The van der Waals surface area contributed by atoms with Crippen LogP contribution in [0.2, 0.25) is 0 Å². The predicted molar refractivity (Wildman–Crippen MR) is 127 cm³/mol. The van der Waals surface area contributed by atoms with E-state index in [9.17, 15) is 9.59 Å². The molecule has 0 aliphatic heterocycles. The Morgan fingerprint density at radius 1 is 0.906 bits per heavy atom. The van der Waals surface area contributed by atoms with Crippen LogP contribution in [0, 0.1) is 0 Å². The van der Waals surface area contributed by atoms with Gasteiger partial charge in [0.25, 0.3) is 11.1 Å². The van der Waals surface area contributed by atoms with Crippen LogP contribution in [-0.4, -0.2) is 35.1 Å². The Balaban J connectivity index is 1.52. The number of rotatable bonds is 5. The molecule has 0 atom stereocenters. The summed E-state index contributed by atoms with van der Waals surface area (Å²) in [6, 6.07) is 24.0. The number of anilines is 1. The molecule has 6 nitrogen and oxygen atoms in total. The molecule has 0 aliphatic rings. The monoisotopic (exact) mass is 443 g/mol. The number of nitrogens with one attached hydrogen (secondary N) is 1. The smallest absolute Gasteiger partial charge is 0.285 e. The number of hydrogen-bond donors (Lipinski definition) is 1. The molecule has 0 saturated carbocycles. The number of aromatic nitrogens is 1. The number of amides is 2. The molecule has 4 rings (SSSR count). The Bertz CT molecular complexity index is 1230. The second-order valence-electron chi connectivity index (χ2n) is 7.18. The largest absolute Gasteiger partial charge is 0.436 e. The Labute approximate surface area is 190 Å². The molecule has 4 aromatic rings. The van der Waals surface area contributed by atoms with Gasteiger partial charge >= 0.3 is 0 Å². The van der Waals surface area contributed by atoms with E-state index in [-0.39, 0.29) is 11.1 Å². The standard InChI is InChI=1S/C25H21N3O3S/c1-28(2)25(30)32-19-14-12-18(13-15-19)27-23(29)20-10-6-7-11-21(20)24-26-16-22(31-24)17-8-4-3-5-9-17/h3-16H,1-2H3,(H,27,29). The van der Waals surface area contributed by atoms with Crippen molar-refractivity contribution < 1.29 is 14.0 Å². The SMILES string of the molecule is CN(C)C(=O)Sc1ccc(NC(=O)c2ccccc2-c2ncc(-c3ccccc3)o2)cc1. The maximum atomic E-state index is 13.0. The highest BCUT2D eigenvalue weighted by molar-refractivity contribution is 8.13. The van der Waals surface area contributed by atoms with E-state index in [1.807, 2.05) is 42.5 Å². The van der Waals surface area contributed by atoms with E-state index < -0.39 is 0 Å². The van der Waals surface area contributed by atoms with Crippen LogP contribution in [0.3, 0.4) is 0 Å². The van der Waals surface area contributed by atoms with Gasteiger partial charge in [-0.2, -0.15) is 0 Å². The fourth-order valence-corrected chi connectivity index (χ4v) is 3.66. The van der Waals surface area contributed by atoms with Crippen LogP contribution in [0.1, 0.15) is 10.4 Å². The summed E-state index contributed by atoms with van der Waals surface area (Å²) in [5.74, 6) is 0.740. The van der Waals surface area contributed by atoms with Gasteiger partial charge in [0, 0.05) is 35.8 Å². The van der Waals surface area contributed by atoms with Crippen molar-refractivity contribution in [1.29, 1.82) is 0 Å². The van der Waals surface area contributed by atoms with Gasteiger partial charge in [0.15, 0.2) is 5.76 Å². The Kier molecular flexibility index (Phi) is 6.37. The molecule has 1 heterocycles. The summed E-state index contributed by atoms with van der Waals surface area (Å²) >= 11 is 1.13. The summed E-state index contributed by atoms with van der Waals surface area (Å²) in [4.78, 5) is 31.5. The molecule has 0 saturated heterocycles. The molecule has 2 amide bonds. The molecule has 0 unspecified atom stereocenters. The van der Waals surface area contributed by atoms with E-state index in [1.54, 1.807) is 56.7 Å². The normalized spacial score (nSPS) is 10.6. The zero-order valence-electron chi connectivity index (χ0n) is 17.6. The third kappa shape index (κ3) is 4.90. The quantitative estimate of drug-likeness (QED) is 0.381. The highest BCUT2D eigenvalue weighted by Crippen LogP contribution is 2.29. The zero-order valence-corrected chi connectivity index (χ0v) is 18.4. The fraction of sp³-hybridized carbons (Fsp3) is 0.0800. The first-order chi connectivity index (χ1) is 15.5. The van der Waals surface area contributed by atoms with Crippen LogP contribution in [-0.2, 0) is 0 Å². The van der Waals surface area contributed by atoms with Gasteiger partial charge in [-0.1, -0.05) is 42.5 Å². The van der Waals surface area contributed by atoms with Gasteiger partial charge in [0.2, 0.25) is 5.89 Å². The summed E-state index contributed by atoms with van der Waals surface area (Å²) < 4.78 is 5.94. The molecular weight excluding hydrogens is 422 g/mol. The van der Waals surface area contributed by atoms with E-state index in [2.05, 4.69) is 10.3 Å². The molecule has 1 N–H and O–H groups in total. The van der Waals surface area contributed by atoms with Crippen LogP contribution in [0.5, 0.6) is 0 Å². The lowest BCUT2D eigenvalue weighted by molar-refractivity contribution is 0.102. The van der Waals surface area contributed by atoms with Crippen molar-refractivity contribution in [2.24, 2.45) is 0 Å². The number of carbonyl (C=O) groups excluding carboxylic acids is 2. The van der Waals surface area contributed by atoms with Gasteiger partial charge in [0.1, 0.15) is 0 Å². The van der Waals surface area contributed by atoms with E-state index in [0.717, 1.165) is 22.2 Å². The molecule has 1 aromatic heterocycles. The van der Waals surface area contributed by atoms with Crippen LogP contribution in [0.15, 0.2) is 94.4 Å². The number of oxazole rings is 1. The lowest BCUT2D eigenvalue weighted by atomic mass is 10.1. The minimum absolute atomic E-state index is 0.0588. The Morgan fingerprint density at radius 3 is 2.31 bits per heavy atom. The number of hydrogen-bond acceptors (Lipinski definition) is 5. The molecule has 0 bridgehead atoms. The molecule has 0 spiro atoms. The molecule has 160 valence electrons. The van der Waals surface area contributed by atoms with Crippen molar-refractivity contribution in [3.8, 4) is 22.8 Å². The van der Waals surface area contributed by atoms with E-state index in [1.165, 1.54) is 4.90 Å². The minimum atomic E-state index is -0.273. The summed E-state index contributed by atoms with van der Waals surface area (Å²) in [5.41, 5.74) is 2.61. The number of nitrogens with zero attached hydrogens (tertiary/aromatic N) is 2. The first-order valence-corrected chi connectivity index (χ1v) is 10.7. The van der Waals surface area contributed by atoms with Crippen molar-refractivity contribution in [3.05, 3.63) is 90.6 Å². The van der Waals surface area contributed by atoms with Crippen molar-refractivity contribution in [2.45, 2.75) is 4.90 Å². The third-order valence-corrected chi connectivity index (χ3v) is 5.70. The van der Waals surface area contributed by atoms with Crippen LogP contribution >= 0.6 is 11.8 Å². The molecule has 0 radical (unpaired) electrons. The predicted octanol–water partition coefficient (Wildman–Crippen LogP) is 6.03. The van der Waals surface area contributed by atoms with Crippen molar-refractivity contribution in [2.75, 3.05) is 19.4 Å². The average molecular weight is 444 g/mol. The van der Waals surface area contributed by atoms with Crippen molar-refractivity contribution in [3.63, 3.8) is 0 Å². The topological polar surface area (TPSA) is 75.4 Å². The summed E-state index contributed by atoms with van der Waals surface area (Å²) in [6.45, 7) is 0. The summed E-state index contributed by atoms with van der Waals surface area (Å²) in [5, 5.41) is 2.84. The van der Waals surface area contributed by atoms with Gasteiger partial charge in [-0.15, -0.1) is 0 Å². The van der Waals surface area contributed by atoms with Gasteiger partial charge in [-0.25, -0.2) is 4.98 Å². The van der Waals surface area contributed by atoms with Gasteiger partial charge in [-0.3, -0.25) is 9.59 Å². The first-order valence-electron chi connectivity index (χ1n) is 9.92. The number of carbonyl (C=O) groups is 2. The average Bonchev–Trinajstić information content (AvgIpc) is 3.31. The number of benzene rings is 3. The number of thioether (sulfide) groups is 1. The second-order valence-corrected chi connectivity index (χ2v) is 8.21. The van der Waals surface area contributed by atoms with Crippen LogP contribution in [0.4, 0.5) is 10.5 Å². The van der Waals surface area contributed by atoms with Crippen molar-refractivity contribution >= 4 is 28.6 Å². The van der Waals surface area contributed by atoms with Gasteiger partial charge in [0.05, 0.1) is 11.8 Å². The van der Waals surface area contributed by atoms with Gasteiger partial charge in [-0.05, 0) is 48.2 Å². The molecule has 0 aliphatic carbocycles. The molecule has 7 heteroatoms. The third-order valence-electron chi connectivity index (χ3n) is 4.65. The van der Waals surface area contributed by atoms with E-state index in [4.69, 9.17) is 4.42 Å². The highest BCUT2D eigenvalue weighted by atomic mass is 32.2. The van der Waals surface area contributed by atoms with Crippen molar-refractivity contribution in [1.82, 2.24) is 9.88 Å². The van der Waals surface area contributed by atoms with Crippen LogP contribution < -0.4 is 5.32 Å². The maximum Gasteiger partial charge on any atom is 0.285 e. The van der Waals surface area contributed by atoms with Crippen LogP contribution in [0.25, 0.3) is 22.8 Å². The molecule has 3 aromatic carbocycles. The Morgan fingerprint density at radius 2 is 1.59 bits per heavy atom. The zero-order chi connectivity index (χ0) is 22.5. The highest BCUT2D eigenvalue weighted by Gasteiger charge is 2.17. The van der Waals surface area contributed by atoms with E-state index >= 15 is 0 Å². The lowest BCUT2D eigenvalue weighted by Crippen LogP contribution is -2.16. The lowest BCUT2D eigenvalue weighted by Gasteiger charge is -2.10. The fourth-order valence-electron chi connectivity index (χ4n) is 3.00. The minimum Gasteiger partial charge on any atom is -0.436 e. The van der Waals surface area contributed by atoms with E-state index in [0.29, 0.717) is 28.5 Å². The summed E-state index contributed by atoms with van der Waals surface area (Å²) in [6.07, 6.45) is 1.66. The summed E-state index contributed by atoms with van der Waals surface area (Å²) in [7, 11) is 3.41. The molecule has 32 heavy (non-hydrogen) atoms. The molecular formula is C25H21N3O3S. The molecule has 0 fully saturated rings. The second kappa shape index (κ2) is 9.53.